The fourth-order valence-electron chi connectivity index (χ4n) is 4.86. The van der Waals surface area contributed by atoms with Gasteiger partial charge in [-0.25, -0.2) is 14.5 Å². The maximum absolute atomic E-state index is 13.1. The number of hydrogen-bond acceptors (Lipinski definition) is 9. The summed E-state index contributed by atoms with van der Waals surface area (Å²) in [6.45, 7) is 9.50. The summed E-state index contributed by atoms with van der Waals surface area (Å²) in [5.74, 6) is 1.59. The van der Waals surface area contributed by atoms with Gasteiger partial charge in [0.2, 0.25) is 0 Å². The number of fused-ring (bicyclic) bond motifs is 3. The van der Waals surface area contributed by atoms with Gasteiger partial charge in [-0.05, 0) is 58.2 Å². The molecule has 0 radical (unpaired) electrons. The smallest absolute Gasteiger partial charge is 0.329 e. The first-order chi connectivity index (χ1) is 18.2. The van der Waals surface area contributed by atoms with E-state index in [0.717, 1.165) is 33.8 Å². The zero-order valence-corrected chi connectivity index (χ0v) is 23.0. The van der Waals surface area contributed by atoms with Gasteiger partial charge in [0.05, 0.1) is 23.7 Å². The van der Waals surface area contributed by atoms with E-state index >= 15 is 0 Å². The van der Waals surface area contributed by atoms with Crippen LogP contribution in [-0.4, -0.2) is 56.2 Å². The van der Waals surface area contributed by atoms with Gasteiger partial charge in [0.15, 0.2) is 17.3 Å². The predicted octanol–water partition coefficient (Wildman–Crippen LogP) is 4.98. The Morgan fingerprint density at radius 3 is 2.74 bits per heavy atom. The van der Waals surface area contributed by atoms with Crippen molar-refractivity contribution in [3.05, 3.63) is 41.2 Å². The van der Waals surface area contributed by atoms with Crippen molar-refractivity contribution in [2.75, 3.05) is 23.9 Å². The van der Waals surface area contributed by atoms with Crippen LogP contribution in [0.15, 0.2) is 30.6 Å². The number of hydrogen-bond donors (Lipinski definition) is 1. The Bertz CT molecular complexity index is 1500. The molecule has 11 heteroatoms. The second kappa shape index (κ2) is 10.2. The van der Waals surface area contributed by atoms with E-state index in [1.54, 1.807) is 13.3 Å². The zero-order chi connectivity index (χ0) is 27.0. The lowest BCUT2D eigenvalue weighted by Gasteiger charge is -2.28. The summed E-state index contributed by atoms with van der Waals surface area (Å²) >= 11 is 6.33. The van der Waals surface area contributed by atoms with E-state index in [-0.39, 0.29) is 5.97 Å². The number of esters is 1. The highest BCUT2D eigenvalue weighted by molar-refractivity contribution is 6.32. The molecule has 0 unspecified atom stereocenters. The monoisotopic (exact) mass is 537 g/mol. The number of carbonyl (C=O) groups excluding carboxylic acids is 1. The Morgan fingerprint density at radius 2 is 2.03 bits per heavy atom. The van der Waals surface area contributed by atoms with Crippen molar-refractivity contribution >= 4 is 51.0 Å². The lowest BCUT2D eigenvalue weighted by atomic mass is 10.1. The lowest BCUT2D eigenvalue weighted by Crippen LogP contribution is -2.41. The summed E-state index contributed by atoms with van der Waals surface area (Å²) < 4.78 is 12.8. The van der Waals surface area contributed by atoms with Crippen molar-refractivity contribution < 1.29 is 14.3 Å². The molecule has 200 valence electrons. The molecule has 5 rings (SSSR count). The van der Waals surface area contributed by atoms with E-state index in [2.05, 4.69) is 20.6 Å². The number of methoxy groups -OCH3 is 1. The van der Waals surface area contributed by atoms with E-state index in [1.807, 2.05) is 61.7 Å². The Kier molecular flexibility index (Phi) is 7.00. The first kappa shape index (κ1) is 26.0. The van der Waals surface area contributed by atoms with Gasteiger partial charge in [0, 0.05) is 36.6 Å². The van der Waals surface area contributed by atoms with Crippen LogP contribution < -0.4 is 15.0 Å². The molecule has 4 aromatic rings. The summed E-state index contributed by atoms with van der Waals surface area (Å²) in [5, 5.41) is 20.2. The van der Waals surface area contributed by atoms with Crippen molar-refractivity contribution in [1.82, 2.24) is 25.0 Å². The highest BCUT2D eigenvalue weighted by Crippen LogP contribution is 2.37. The summed E-state index contributed by atoms with van der Waals surface area (Å²) in [7, 11) is 1.59. The van der Waals surface area contributed by atoms with Gasteiger partial charge >= 0.3 is 5.97 Å². The number of carbonyl (C=O) groups is 1. The first-order valence-electron chi connectivity index (χ1n) is 12.8. The van der Waals surface area contributed by atoms with Crippen LogP contribution in [0.5, 0.6) is 5.75 Å². The van der Waals surface area contributed by atoms with E-state index in [9.17, 15) is 4.79 Å². The molecule has 1 saturated heterocycles. The fourth-order valence-corrected chi connectivity index (χ4v) is 5.14. The number of rotatable bonds is 7. The van der Waals surface area contributed by atoms with Gasteiger partial charge in [-0.1, -0.05) is 17.7 Å². The molecule has 0 saturated carbocycles. The number of aromatic nitrogens is 5. The molecule has 1 aromatic carbocycles. The summed E-state index contributed by atoms with van der Waals surface area (Å²) in [6.07, 6.45) is 5.16. The van der Waals surface area contributed by atoms with E-state index in [1.165, 1.54) is 0 Å². The average molecular weight is 538 g/mol. The third kappa shape index (κ3) is 4.92. The summed E-state index contributed by atoms with van der Waals surface area (Å²) in [5.41, 5.74) is 1.16. The maximum Gasteiger partial charge on any atom is 0.329 e. The molecular weight excluding hydrogens is 506 g/mol. The van der Waals surface area contributed by atoms with Crippen molar-refractivity contribution in [2.24, 2.45) is 0 Å². The molecule has 1 aliphatic heterocycles. The third-order valence-electron chi connectivity index (χ3n) is 6.57. The third-order valence-corrected chi connectivity index (χ3v) is 6.86. The molecule has 1 N–H and O–H groups in total. The minimum Gasteiger partial charge on any atom is -0.495 e. The number of aryl methyl sites for hydroxylation is 1. The molecule has 38 heavy (non-hydrogen) atoms. The van der Waals surface area contributed by atoms with Crippen LogP contribution in [0.2, 0.25) is 5.02 Å². The molecule has 3 aromatic heterocycles. The number of nitrogens with one attached hydrogen (secondary N) is 1. The number of nitrogens with zero attached hydrogens (tertiary/aromatic N) is 6. The molecule has 1 atom stereocenters. The van der Waals surface area contributed by atoms with E-state index in [4.69, 9.17) is 26.1 Å². The Morgan fingerprint density at radius 1 is 1.21 bits per heavy atom. The van der Waals surface area contributed by atoms with Crippen LogP contribution in [0.4, 0.5) is 11.6 Å². The van der Waals surface area contributed by atoms with Crippen LogP contribution in [0.3, 0.4) is 0 Å². The predicted molar refractivity (Wildman–Crippen MR) is 148 cm³/mol. The van der Waals surface area contributed by atoms with Gasteiger partial charge in [0.25, 0.3) is 0 Å². The Labute approximate surface area is 226 Å². The van der Waals surface area contributed by atoms with Crippen molar-refractivity contribution in [3.63, 3.8) is 0 Å². The van der Waals surface area contributed by atoms with Crippen molar-refractivity contribution in [3.8, 4) is 5.75 Å². The molecule has 4 heterocycles. The van der Waals surface area contributed by atoms with E-state index in [0.29, 0.717) is 48.5 Å². The number of benzene rings is 1. The highest BCUT2D eigenvalue weighted by atomic mass is 35.5. The normalized spacial score (nSPS) is 15.8. The summed E-state index contributed by atoms with van der Waals surface area (Å²) in [6, 6.07) is 5.22. The second-order valence-electron chi connectivity index (χ2n) is 10.3. The maximum atomic E-state index is 13.1. The van der Waals surface area contributed by atoms with Crippen molar-refractivity contribution in [2.45, 2.75) is 65.3 Å². The topological polar surface area (TPSA) is 107 Å². The van der Waals surface area contributed by atoms with Crippen LogP contribution in [0.1, 0.15) is 46.1 Å². The lowest BCUT2D eigenvalue weighted by molar-refractivity contribution is -0.156. The Hall–Kier alpha value is -3.66. The average Bonchev–Trinajstić information content (AvgIpc) is 3.53. The largest absolute Gasteiger partial charge is 0.495 e. The number of pyridine rings is 1. The summed E-state index contributed by atoms with van der Waals surface area (Å²) in [4.78, 5) is 19.8. The minimum absolute atomic E-state index is 0.253. The minimum atomic E-state index is -0.570. The standard InChI is InChI=1S/C27H32ClN7O3/c1-6-35-24-18(15-31-35)22-17(14-30-24)25(34-11-7-8-20(34)26(36)38-27(2,3)4)33-32-23(22)29-13-16-9-10-21(37-5)19(28)12-16/h9-10,12,14-15,20H,6-8,11,13H2,1-5H3,(H,29,32)/t20-/m1/s1. The first-order valence-corrected chi connectivity index (χ1v) is 13.1. The number of anilines is 2. The molecule has 1 fully saturated rings. The van der Waals surface area contributed by atoms with Crippen LogP contribution in [-0.2, 0) is 22.6 Å². The van der Waals surface area contributed by atoms with Gasteiger partial charge < -0.3 is 19.7 Å². The van der Waals surface area contributed by atoms with E-state index < -0.39 is 11.6 Å². The highest BCUT2D eigenvalue weighted by Gasteiger charge is 2.36. The Balaban J connectivity index is 1.57. The molecular formula is C27H32ClN7O3. The SMILES string of the molecule is CCn1ncc2c3c(NCc4ccc(OC)c(Cl)c4)nnc(N4CCC[C@@H]4C(=O)OC(C)(C)C)c3cnc21. The van der Waals surface area contributed by atoms with Gasteiger partial charge in [-0.2, -0.15) is 5.10 Å². The zero-order valence-electron chi connectivity index (χ0n) is 22.3. The second-order valence-corrected chi connectivity index (χ2v) is 10.7. The van der Waals surface area contributed by atoms with Gasteiger partial charge in [-0.15, -0.1) is 10.2 Å². The number of halogens is 1. The van der Waals surface area contributed by atoms with Crippen LogP contribution >= 0.6 is 11.6 Å². The molecule has 0 spiro atoms. The number of ether oxygens (including phenoxy) is 2. The molecule has 0 bridgehead atoms. The quantitative estimate of drug-likeness (QED) is 0.326. The van der Waals surface area contributed by atoms with Gasteiger partial charge in [0.1, 0.15) is 17.4 Å². The van der Waals surface area contributed by atoms with Crippen LogP contribution in [0, 0.1) is 0 Å². The fraction of sp³-hybridized carbons (Fsp3) is 0.444. The van der Waals surface area contributed by atoms with Crippen LogP contribution in [0.25, 0.3) is 21.8 Å². The molecule has 0 aliphatic carbocycles. The molecule has 0 amide bonds. The molecule has 1 aliphatic rings. The van der Waals surface area contributed by atoms with Gasteiger partial charge in [-0.3, -0.25) is 0 Å². The molecule has 10 nitrogen and oxygen atoms in total. The van der Waals surface area contributed by atoms with Crippen molar-refractivity contribution in [1.29, 1.82) is 0 Å².